The van der Waals surface area contributed by atoms with Gasteiger partial charge in [0.1, 0.15) is 5.75 Å². The number of rotatable bonds is 5. The molecule has 0 saturated heterocycles. The summed E-state index contributed by atoms with van der Waals surface area (Å²) in [5.74, 6) is -0.207. The highest BCUT2D eigenvalue weighted by atomic mass is 35.5. The fourth-order valence-corrected chi connectivity index (χ4v) is 2.29. The molecule has 0 spiro atoms. The van der Waals surface area contributed by atoms with Gasteiger partial charge in [0.05, 0.1) is 5.02 Å². The van der Waals surface area contributed by atoms with Gasteiger partial charge < -0.3 is 10.1 Å². The lowest BCUT2D eigenvalue weighted by Gasteiger charge is -2.11. The van der Waals surface area contributed by atoms with Gasteiger partial charge in [0, 0.05) is 11.6 Å². The Morgan fingerprint density at radius 1 is 1.04 bits per heavy atom. The molecule has 0 aromatic heterocycles. The van der Waals surface area contributed by atoms with Crippen LogP contribution in [0.5, 0.6) is 5.75 Å². The summed E-state index contributed by atoms with van der Waals surface area (Å²) in [7, 11) is 0. The maximum absolute atomic E-state index is 11.7. The van der Waals surface area contributed by atoms with E-state index in [9.17, 15) is 9.59 Å². The van der Waals surface area contributed by atoms with Crippen molar-refractivity contribution in [1.29, 1.82) is 0 Å². The van der Waals surface area contributed by atoms with Crippen LogP contribution in [0.15, 0.2) is 42.5 Å². The number of aryl methyl sites for hydroxylation is 1. The third-order valence-corrected chi connectivity index (χ3v) is 3.67. The predicted molar refractivity (Wildman–Crippen MR) is 96.7 cm³/mol. The summed E-state index contributed by atoms with van der Waals surface area (Å²) in [6.45, 7) is 2.03. The second kappa shape index (κ2) is 9.15. The highest BCUT2D eigenvalue weighted by molar-refractivity contribution is 6.35. The largest absolute Gasteiger partial charge is 0.482 e. The Labute approximate surface area is 155 Å². The van der Waals surface area contributed by atoms with Gasteiger partial charge in [-0.25, -0.2) is 10.2 Å². The van der Waals surface area contributed by atoms with E-state index < -0.39 is 11.9 Å². The fourth-order valence-electron chi connectivity index (χ4n) is 1.83. The summed E-state index contributed by atoms with van der Waals surface area (Å²) in [4.78, 5) is 23.3. The molecule has 0 aliphatic rings. The molecule has 0 unspecified atom stereocenters. The first kappa shape index (κ1) is 18.9. The molecule has 2 aromatic carbocycles. The Hall–Kier alpha value is -2.44. The molecule has 0 bridgehead atoms. The van der Waals surface area contributed by atoms with E-state index in [0.717, 1.165) is 11.1 Å². The van der Waals surface area contributed by atoms with Crippen molar-refractivity contribution in [2.24, 2.45) is 0 Å². The Bertz CT molecular complexity index is 751. The fraction of sp³-hybridized carbons (Fsp3) is 0.176. The van der Waals surface area contributed by atoms with E-state index in [1.54, 1.807) is 12.1 Å². The summed E-state index contributed by atoms with van der Waals surface area (Å²) in [5, 5.41) is 3.38. The lowest BCUT2D eigenvalue weighted by Crippen LogP contribution is -2.48. The summed E-state index contributed by atoms with van der Waals surface area (Å²) in [6.07, 6.45) is 0. The Balaban J connectivity index is 1.68. The van der Waals surface area contributed by atoms with Gasteiger partial charge in [-0.1, -0.05) is 53.0 Å². The number of amides is 3. The van der Waals surface area contributed by atoms with Crippen molar-refractivity contribution >= 4 is 35.1 Å². The average Bonchev–Trinajstić information content (AvgIpc) is 2.58. The van der Waals surface area contributed by atoms with Crippen LogP contribution in [-0.2, 0) is 11.3 Å². The molecule has 0 saturated carbocycles. The van der Waals surface area contributed by atoms with Crippen molar-refractivity contribution in [2.75, 3.05) is 6.61 Å². The maximum atomic E-state index is 11.7. The quantitative estimate of drug-likeness (QED) is 0.695. The van der Waals surface area contributed by atoms with Gasteiger partial charge in [-0.3, -0.25) is 10.2 Å². The summed E-state index contributed by atoms with van der Waals surface area (Å²) in [6, 6.07) is 11.9. The molecule has 6 nitrogen and oxygen atoms in total. The number of carbonyl (C=O) groups is 2. The van der Waals surface area contributed by atoms with E-state index in [1.807, 2.05) is 31.2 Å². The minimum Gasteiger partial charge on any atom is -0.482 e. The van der Waals surface area contributed by atoms with E-state index in [1.165, 1.54) is 6.07 Å². The molecule has 3 N–H and O–H groups in total. The van der Waals surface area contributed by atoms with Crippen LogP contribution in [0, 0.1) is 6.92 Å². The number of benzene rings is 2. The van der Waals surface area contributed by atoms with Crippen LogP contribution < -0.4 is 20.9 Å². The van der Waals surface area contributed by atoms with Crippen molar-refractivity contribution in [3.63, 3.8) is 0 Å². The number of ether oxygens (including phenoxy) is 1. The summed E-state index contributed by atoms with van der Waals surface area (Å²) in [5.41, 5.74) is 6.57. The zero-order valence-electron chi connectivity index (χ0n) is 13.4. The highest BCUT2D eigenvalue weighted by Crippen LogP contribution is 2.27. The molecule has 0 heterocycles. The number of hydrogen-bond donors (Lipinski definition) is 3. The molecular weight excluding hydrogens is 365 g/mol. The molecule has 0 aliphatic heterocycles. The van der Waals surface area contributed by atoms with Gasteiger partial charge in [0.15, 0.2) is 6.61 Å². The molecule has 132 valence electrons. The molecule has 0 atom stereocenters. The molecule has 2 rings (SSSR count). The molecule has 0 fully saturated rings. The number of urea groups is 1. The topological polar surface area (TPSA) is 79.5 Å². The third-order valence-electron chi connectivity index (χ3n) is 3.14. The molecule has 3 amide bonds. The smallest absolute Gasteiger partial charge is 0.333 e. The van der Waals surface area contributed by atoms with Gasteiger partial charge in [-0.15, -0.1) is 0 Å². The maximum Gasteiger partial charge on any atom is 0.333 e. The lowest BCUT2D eigenvalue weighted by atomic mass is 10.1. The van der Waals surface area contributed by atoms with Crippen LogP contribution in [0.1, 0.15) is 11.1 Å². The van der Waals surface area contributed by atoms with E-state index in [4.69, 9.17) is 27.9 Å². The molecule has 0 radical (unpaired) electrons. The van der Waals surface area contributed by atoms with Gasteiger partial charge in [-0.05, 0) is 30.7 Å². The Morgan fingerprint density at radius 3 is 2.44 bits per heavy atom. The number of halogens is 2. The number of hydrogen-bond acceptors (Lipinski definition) is 3. The zero-order valence-corrected chi connectivity index (χ0v) is 14.9. The van der Waals surface area contributed by atoms with Crippen LogP contribution in [0.2, 0.25) is 10.0 Å². The van der Waals surface area contributed by atoms with E-state index in [-0.39, 0.29) is 6.61 Å². The molecular formula is C17H17Cl2N3O3. The lowest BCUT2D eigenvalue weighted by molar-refractivity contribution is -0.123. The van der Waals surface area contributed by atoms with Crippen molar-refractivity contribution in [2.45, 2.75) is 13.5 Å². The van der Waals surface area contributed by atoms with Crippen LogP contribution in [0.25, 0.3) is 0 Å². The van der Waals surface area contributed by atoms with Crippen LogP contribution in [0.4, 0.5) is 4.79 Å². The first-order chi connectivity index (χ1) is 11.9. The van der Waals surface area contributed by atoms with Crippen LogP contribution in [-0.4, -0.2) is 18.5 Å². The molecule has 0 aliphatic carbocycles. The highest BCUT2D eigenvalue weighted by Gasteiger charge is 2.08. The summed E-state index contributed by atoms with van der Waals surface area (Å²) >= 11 is 11.7. The van der Waals surface area contributed by atoms with Gasteiger partial charge in [-0.2, -0.15) is 0 Å². The molecule has 2 aromatic rings. The van der Waals surface area contributed by atoms with E-state index in [2.05, 4.69) is 16.2 Å². The van der Waals surface area contributed by atoms with Crippen molar-refractivity contribution < 1.29 is 14.3 Å². The van der Waals surface area contributed by atoms with Gasteiger partial charge >= 0.3 is 6.03 Å². The first-order valence-corrected chi connectivity index (χ1v) is 8.16. The van der Waals surface area contributed by atoms with Crippen LogP contribution in [0.3, 0.4) is 0 Å². The van der Waals surface area contributed by atoms with Crippen molar-refractivity contribution in [3.8, 4) is 5.75 Å². The number of hydrazine groups is 1. The molecule has 8 heteroatoms. The monoisotopic (exact) mass is 381 g/mol. The standard InChI is InChI=1S/C17H17Cl2N3O3/c1-11-2-4-12(5-3-11)9-20-17(24)22-21-16(23)10-25-15-7-6-13(18)8-14(15)19/h2-8H,9-10H2,1H3,(H,21,23)(H2,20,22,24). The molecule has 25 heavy (non-hydrogen) atoms. The Morgan fingerprint density at radius 2 is 1.76 bits per heavy atom. The average molecular weight is 382 g/mol. The van der Waals surface area contributed by atoms with Crippen LogP contribution >= 0.6 is 23.2 Å². The zero-order chi connectivity index (χ0) is 18.2. The minimum atomic E-state index is -0.531. The van der Waals surface area contributed by atoms with Crippen molar-refractivity contribution in [1.82, 2.24) is 16.2 Å². The normalized spacial score (nSPS) is 10.0. The van der Waals surface area contributed by atoms with E-state index >= 15 is 0 Å². The SMILES string of the molecule is Cc1ccc(CNC(=O)NNC(=O)COc2ccc(Cl)cc2Cl)cc1. The van der Waals surface area contributed by atoms with E-state index in [0.29, 0.717) is 22.3 Å². The minimum absolute atomic E-state index is 0.295. The second-order valence-electron chi connectivity index (χ2n) is 5.20. The van der Waals surface area contributed by atoms with Gasteiger partial charge in [0.2, 0.25) is 0 Å². The summed E-state index contributed by atoms with van der Waals surface area (Å²) < 4.78 is 5.25. The van der Waals surface area contributed by atoms with Crippen molar-refractivity contribution in [3.05, 3.63) is 63.6 Å². The predicted octanol–water partition coefficient (Wildman–Crippen LogP) is 3.21. The van der Waals surface area contributed by atoms with Gasteiger partial charge in [0.25, 0.3) is 5.91 Å². The Kier molecular flexibility index (Phi) is 6.91. The number of nitrogens with one attached hydrogen (secondary N) is 3. The second-order valence-corrected chi connectivity index (χ2v) is 6.05. The number of carbonyl (C=O) groups excluding carboxylic acids is 2. The first-order valence-electron chi connectivity index (χ1n) is 7.40. The third kappa shape index (κ3) is 6.52.